The quantitative estimate of drug-likeness (QED) is 0.884. The Morgan fingerprint density at radius 1 is 1.38 bits per heavy atom. The molecule has 21 heavy (non-hydrogen) atoms. The molecule has 1 unspecified atom stereocenters. The van der Waals surface area contributed by atoms with Gasteiger partial charge in [-0.2, -0.15) is 0 Å². The monoisotopic (exact) mass is 307 g/mol. The number of rotatable bonds is 3. The van der Waals surface area contributed by atoms with Gasteiger partial charge in [0.25, 0.3) is 5.91 Å². The van der Waals surface area contributed by atoms with Gasteiger partial charge in [0.2, 0.25) is 0 Å². The Morgan fingerprint density at radius 3 is 3.00 bits per heavy atom. The maximum absolute atomic E-state index is 12.1. The molecule has 1 aromatic carbocycles. The topological polar surface area (TPSA) is 68.5 Å². The molecule has 2 heterocycles. The first-order valence-corrected chi connectivity index (χ1v) is 7.14. The lowest BCUT2D eigenvalue weighted by Gasteiger charge is -2.10. The van der Waals surface area contributed by atoms with Crippen molar-refractivity contribution in [3.8, 4) is 0 Å². The van der Waals surface area contributed by atoms with Gasteiger partial charge in [0.15, 0.2) is 0 Å². The van der Waals surface area contributed by atoms with Crippen molar-refractivity contribution in [2.45, 2.75) is 18.9 Å². The smallest absolute Gasteiger partial charge is 0.349 e. The average molecular weight is 308 g/mol. The molecule has 0 spiro atoms. The molecule has 1 saturated heterocycles. The summed E-state index contributed by atoms with van der Waals surface area (Å²) in [6.07, 6.45) is 1.94. The van der Waals surface area contributed by atoms with E-state index in [1.807, 2.05) is 0 Å². The predicted octanol–water partition coefficient (Wildman–Crippen LogP) is 2.36. The van der Waals surface area contributed by atoms with Crippen molar-refractivity contribution < 1.29 is 13.9 Å². The van der Waals surface area contributed by atoms with Crippen LogP contribution >= 0.6 is 11.6 Å². The molecule has 1 amide bonds. The Bertz CT molecular complexity index is 734. The summed E-state index contributed by atoms with van der Waals surface area (Å²) in [5.74, 6) is -0.457. The highest BCUT2D eigenvalue weighted by Gasteiger charge is 2.18. The van der Waals surface area contributed by atoms with E-state index in [2.05, 4.69) is 5.32 Å². The van der Waals surface area contributed by atoms with Crippen LogP contribution in [0.1, 0.15) is 23.2 Å². The third-order valence-corrected chi connectivity index (χ3v) is 3.69. The first-order chi connectivity index (χ1) is 10.1. The number of halogens is 1. The van der Waals surface area contributed by atoms with Gasteiger partial charge in [0.05, 0.1) is 6.10 Å². The number of nitrogens with one attached hydrogen (secondary N) is 1. The fourth-order valence-electron chi connectivity index (χ4n) is 2.36. The van der Waals surface area contributed by atoms with Crippen molar-refractivity contribution >= 4 is 28.5 Å². The van der Waals surface area contributed by atoms with E-state index in [0.29, 0.717) is 22.5 Å². The minimum atomic E-state index is -0.658. The number of hydrogen-bond acceptors (Lipinski definition) is 4. The maximum atomic E-state index is 12.1. The van der Waals surface area contributed by atoms with Gasteiger partial charge < -0.3 is 14.5 Å². The van der Waals surface area contributed by atoms with Crippen LogP contribution in [0.25, 0.3) is 11.0 Å². The summed E-state index contributed by atoms with van der Waals surface area (Å²) in [6.45, 7) is 1.11. The first kappa shape index (κ1) is 14.1. The van der Waals surface area contributed by atoms with E-state index in [1.54, 1.807) is 18.2 Å². The minimum absolute atomic E-state index is 0.0240. The molecule has 1 fully saturated rings. The third-order valence-electron chi connectivity index (χ3n) is 3.45. The van der Waals surface area contributed by atoms with Gasteiger partial charge in [-0.3, -0.25) is 4.79 Å². The van der Waals surface area contributed by atoms with Crippen LogP contribution in [0.5, 0.6) is 0 Å². The average Bonchev–Trinajstić information content (AvgIpc) is 2.98. The van der Waals surface area contributed by atoms with Gasteiger partial charge in [0, 0.05) is 23.6 Å². The van der Waals surface area contributed by atoms with Crippen LogP contribution in [-0.2, 0) is 4.74 Å². The summed E-state index contributed by atoms with van der Waals surface area (Å²) in [7, 11) is 0. The summed E-state index contributed by atoms with van der Waals surface area (Å²) < 4.78 is 10.6. The summed E-state index contributed by atoms with van der Waals surface area (Å²) in [4.78, 5) is 24.0. The normalized spacial score (nSPS) is 18.0. The van der Waals surface area contributed by atoms with E-state index in [0.717, 1.165) is 19.4 Å². The molecule has 1 N–H and O–H groups in total. The van der Waals surface area contributed by atoms with Gasteiger partial charge in [-0.25, -0.2) is 4.79 Å². The van der Waals surface area contributed by atoms with E-state index in [4.69, 9.17) is 20.8 Å². The Kier molecular flexibility index (Phi) is 3.94. The van der Waals surface area contributed by atoms with Gasteiger partial charge in [-0.15, -0.1) is 0 Å². The second-order valence-corrected chi connectivity index (χ2v) is 5.41. The zero-order valence-corrected chi connectivity index (χ0v) is 12.0. The van der Waals surface area contributed by atoms with Crippen LogP contribution in [0, 0.1) is 0 Å². The second kappa shape index (κ2) is 5.87. The molecule has 1 aliphatic heterocycles. The van der Waals surface area contributed by atoms with E-state index in [1.165, 1.54) is 6.07 Å². The van der Waals surface area contributed by atoms with E-state index >= 15 is 0 Å². The molecule has 0 saturated carbocycles. The number of carbonyl (C=O) groups is 1. The molecular weight excluding hydrogens is 294 g/mol. The molecule has 0 bridgehead atoms. The molecule has 6 heteroatoms. The van der Waals surface area contributed by atoms with E-state index in [-0.39, 0.29) is 11.7 Å². The molecule has 0 aliphatic carbocycles. The second-order valence-electron chi connectivity index (χ2n) is 4.97. The lowest BCUT2D eigenvalue weighted by atomic mass is 10.1. The number of benzene rings is 1. The highest BCUT2D eigenvalue weighted by molar-refractivity contribution is 6.31. The molecule has 1 aliphatic rings. The fourth-order valence-corrected chi connectivity index (χ4v) is 2.54. The summed E-state index contributed by atoms with van der Waals surface area (Å²) >= 11 is 5.90. The Balaban J connectivity index is 1.83. The molecule has 5 nitrogen and oxygen atoms in total. The lowest BCUT2D eigenvalue weighted by molar-refractivity contribution is 0.0855. The predicted molar refractivity (Wildman–Crippen MR) is 78.8 cm³/mol. The van der Waals surface area contributed by atoms with Gasteiger partial charge >= 0.3 is 5.63 Å². The summed E-state index contributed by atoms with van der Waals surface area (Å²) in [5.41, 5.74) is -0.280. The number of ether oxygens (including phenoxy) is 1. The number of carbonyl (C=O) groups excluding carboxylic acids is 1. The molecule has 1 aromatic heterocycles. The van der Waals surface area contributed by atoms with Crippen LogP contribution in [-0.4, -0.2) is 25.2 Å². The summed E-state index contributed by atoms with van der Waals surface area (Å²) in [5, 5.41) is 3.84. The fraction of sp³-hybridized carbons (Fsp3) is 0.333. The van der Waals surface area contributed by atoms with Crippen molar-refractivity contribution in [2.75, 3.05) is 13.2 Å². The zero-order valence-electron chi connectivity index (χ0n) is 11.2. The molecule has 0 radical (unpaired) electrons. The number of fused-ring (bicyclic) bond motifs is 1. The zero-order chi connectivity index (χ0) is 14.8. The van der Waals surface area contributed by atoms with Crippen molar-refractivity contribution in [3.63, 3.8) is 0 Å². The van der Waals surface area contributed by atoms with Crippen LogP contribution in [0.4, 0.5) is 0 Å². The molecule has 3 rings (SSSR count). The lowest BCUT2D eigenvalue weighted by Crippen LogP contribution is -2.34. The largest absolute Gasteiger partial charge is 0.422 e. The SMILES string of the molecule is O=C(NCC1CCCO1)c1cc2cc(Cl)ccc2oc1=O. The highest BCUT2D eigenvalue weighted by Crippen LogP contribution is 2.19. The van der Waals surface area contributed by atoms with E-state index < -0.39 is 11.5 Å². The van der Waals surface area contributed by atoms with Crippen LogP contribution in [0.3, 0.4) is 0 Å². The van der Waals surface area contributed by atoms with Crippen LogP contribution in [0.2, 0.25) is 5.02 Å². The first-order valence-electron chi connectivity index (χ1n) is 6.77. The molecule has 2 aromatic rings. The molecule has 1 atom stereocenters. The highest BCUT2D eigenvalue weighted by atomic mass is 35.5. The van der Waals surface area contributed by atoms with Crippen molar-refractivity contribution in [1.29, 1.82) is 0 Å². The summed E-state index contributed by atoms with van der Waals surface area (Å²) in [6, 6.07) is 6.38. The molecular formula is C15H14ClNO4. The Hall–Kier alpha value is -1.85. The van der Waals surface area contributed by atoms with Crippen molar-refractivity contribution in [2.24, 2.45) is 0 Å². The maximum Gasteiger partial charge on any atom is 0.349 e. The minimum Gasteiger partial charge on any atom is -0.422 e. The standard InChI is InChI=1S/C15H14ClNO4/c16-10-3-4-13-9(6-10)7-12(15(19)21-13)14(18)17-8-11-2-1-5-20-11/h3-4,6-7,11H,1-2,5,8H2,(H,17,18). The van der Waals surface area contributed by atoms with Gasteiger partial charge in [-0.1, -0.05) is 11.6 Å². The Morgan fingerprint density at radius 2 is 2.24 bits per heavy atom. The van der Waals surface area contributed by atoms with Gasteiger partial charge in [-0.05, 0) is 37.1 Å². The Labute approximate surface area is 125 Å². The van der Waals surface area contributed by atoms with Crippen LogP contribution in [0.15, 0.2) is 33.5 Å². The molecule has 110 valence electrons. The third kappa shape index (κ3) is 3.09. The van der Waals surface area contributed by atoms with Crippen LogP contribution < -0.4 is 10.9 Å². The van der Waals surface area contributed by atoms with Crippen molar-refractivity contribution in [3.05, 3.63) is 45.3 Å². The van der Waals surface area contributed by atoms with Gasteiger partial charge in [0.1, 0.15) is 11.1 Å². The number of hydrogen-bond donors (Lipinski definition) is 1. The van der Waals surface area contributed by atoms with E-state index in [9.17, 15) is 9.59 Å². The number of amides is 1. The van der Waals surface area contributed by atoms with Crippen molar-refractivity contribution in [1.82, 2.24) is 5.32 Å².